The Kier molecular flexibility index (Phi) is 6.78. The van der Waals surface area contributed by atoms with Crippen LogP contribution in [0.1, 0.15) is 18.1 Å². The third kappa shape index (κ3) is 4.16. The molecule has 1 atom stereocenters. The van der Waals surface area contributed by atoms with Gasteiger partial charge in [0, 0.05) is 16.9 Å². The maximum atomic E-state index is 15.0. The molecule has 1 unspecified atom stereocenters. The summed E-state index contributed by atoms with van der Waals surface area (Å²) in [5.74, 6) is -3.11. The van der Waals surface area contributed by atoms with E-state index in [-0.39, 0.29) is 17.2 Å². The van der Waals surface area contributed by atoms with E-state index in [0.717, 1.165) is 15.4 Å². The molecular formula is C34H28N4O5. The number of aliphatic hydroxyl groups excluding tert-OH is 1. The third-order valence-corrected chi connectivity index (χ3v) is 7.54. The first kappa shape index (κ1) is 27.5. The van der Waals surface area contributed by atoms with Crippen molar-refractivity contribution in [3.8, 4) is 5.75 Å². The van der Waals surface area contributed by atoms with Gasteiger partial charge in [0.15, 0.2) is 0 Å². The van der Waals surface area contributed by atoms with Crippen LogP contribution in [-0.4, -0.2) is 40.9 Å². The molecule has 0 aromatic heterocycles. The smallest absolute Gasteiger partial charge is 0.301 e. The van der Waals surface area contributed by atoms with Crippen LogP contribution in [0.25, 0.3) is 5.76 Å². The number of hydrogen-bond donors (Lipinski definition) is 2. The number of ether oxygens (including phenoxy) is 1. The molecule has 1 spiro atoms. The molecule has 9 heteroatoms. The molecule has 4 aromatic rings. The van der Waals surface area contributed by atoms with Crippen LogP contribution < -0.4 is 19.4 Å². The summed E-state index contributed by atoms with van der Waals surface area (Å²) in [6.07, 6.45) is 0. The Labute approximate surface area is 248 Å². The van der Waals surface area contributed by atoms with Gasteiger partial charge in [-0.2, -0.15) is 0 Å². The van der Waals surface area contributed by atoms with Crippen LogP contribution >= 0.6 is 0 Å². The Morgan fingerprint density at radius 3 is 1.91 bits per heavy atom. The number of Topliss-reactive ketones (excluding diaryl/α,β-unsaturated/α-hetero) is 1. The molecule has 2 heterocycles. The predicted molar refractivity (Wildman–Crippen MR) is 164 cm³/mol. The van der Waals surface area contributed by atoms with Crippen molar-refractivity contribution in [3.63, 3.8) is 0 Å². The van der Waals surface area contributed by atoms with Crippen molar-refractivity contribution in [2.75, 3.05) is 21.3 Å². The van der Waals surface area contributed by atoms with Gasteiger partial charge in [-0.3, -0.25) is 29.6 Å². The number of amides is 2. The van der Waals surface area contributed by atoms with Gasteiger partial charge in [-0.15, -0.1) is 0 Å². The van der Waals surface area contributed by atoms with Crippen molar-refractivity contribution < 1.29 is 24.2 Å². The molecule has 2 aliphatic rings. The number of hydrogen-bond acceptors (Lipinski definition) is 6. The number of ketones is 1. The molecular weight excluding hydrogens is 544 g/mol. The summed E-state index contributed by atoms with van der Waals surface area (Å²) in [6, 6.07) is 30.4. The lowest BCUT2D eigenvalue weighted by Gasteiger charge is -2.39. The normalized spacial score (nSPS) is 19.5. The topological polar surface area (TPSA) is 114 Å². The number of carbonyl (C=O) groups excluding carboxylic acids is 3. The van der Waals surface area contributed by atoms with Gasteiger partial charge < -0.3 is 9.84 Å². The van der Waals surface area contributed by atoms with Gasteiger partial charge in [-0.25, -0.2) is 4.90 Å². The number of benzene rings is 4. The predicted octanol–water partition coefficient (Wildman–Crippen LogP) is 5.46. The van der Waals surface area contributed by atoms with Crippen molar-refractivity contribution in [1.29, 1.82) is 5.41 Å². The average molecular weight is 573 g/mol. The zero-order chi connectivity index (χ0) is 30.3. The number of nitrogens with one attached hydrogen (secondary N) is 1. The van der Waals surface area contributed by atoms with Gasteiger partial charge in [0.25, 0.3) is 11.7 Å². The Bertz CT molecular complexity index is 1770. The molecule has 214 valence electrons. The molecule has 0 radical (unpaired) electrons. The summed E-state index contributed by atoms with van der Waals surface area (Å²) in [5, 5.41) is 21.2. The van der Waals surface area contributed by atoms with E-state index < -0.39 is 34.6 Å². The molecule has 2 saturated heterocycles. The average Bonchev–Trinajstić information content (AvgIpc) is 3.39. The highest BCUT2D eigenvalue weighted by molar-refractivity contribution is 6.57. The van der Waals surface area contributed by atoms with Gasteiger partial charge in [0.2, 0.25) is 11.6 Å². The first-order valence-corrected chi connectivity index (χ1v) is 13.8. The molecule has 2 fully saturated rings. The molecule has 4 aromatic carbocycles. The highest BCUT2D eigenvalue weighted by atomic mass is 16.5. The number of nitrogens with zero attached hydrogens (tertiary/aromatic N) is 3. The number of para-hydroxylation sites is 2. The van der Waals surface area contributed by atoms with E-state index in [9.17, 15) is 24.9 Å². The van der Waals surface area contributed by atoms with Crippen molar-refractivity contribution in [3.05, 3.63) is 126 Å². The summed E-state index contributed by atoms with van der Waals surface area (Å²) in [5.41, 5.74) is -0.604. The van der Waals surface area contributed by atoms with Crippen LogP contribution in [0, 0.1) is 12.3 Å². The van der Waals surface area contributed by atoms with E-state index in [4.69, 9.17) is 4.74 Å². The van der Waals surface area contributed by atoms with E-state index in [1.165, 1.54) is 4.90 Å². The van der Waals surface area contributed by atoms with Crippen molar-refractivity contribution in [1.82, 2.24) is 0 Å². The Morgan fingerprint density at radius 1 is 0.767 bits per heavy atom. The highest BCUT2D eigenvalue weighted by Crippen LogP contribution is 2.50. The molecule has 0 bridgehead atoms. The summed E-state index contributed by atoms with van der Waals surface area (Å²) in [6.45, 7) is 4.16. The van der Waals surface area contributed by atoms with Crippen molar-refractivity contribution >= 4 is 46.4 Å². The first-order valence-electron chi connectivity index (χ1n) is 13.8. The molecule has 0 saturated carbocycles. The zero-order valence-corrected chi connectivity index (χ0v) is 23.5. The van der Waals surface area contributed by atoms with Gasteiger partial charge in [0.1, 0.15) is 17.1 Å². The van der Waals surface area contributed by atoms with Crippen LogP contribution in [0.5, 0.6) is 5.75 Å². The van der Waals surface area contributed by atoms with Crippen LogP contribution in [0.2, 0.25) is 0 Å². The van der Waals surface area contributed by atoms with Gasteiger partial charge in [0.05, 0.1) is 12.3 Å². The van der Waals surface area contributed by atoms with Crippen molar-refractivity contribution in [2.24, 2.45) is 0 Å². The summed E-state index contributed by atoms with van der Waals surface area (Å²) in [4.78, 5) is 46.7. The maximum Gasteiger partial charge on any atom is 0.301 e. The van der Waals surface area contributed by atoms with Crippen LogP contribution in [0.3, 0.4) is 0 Å². The van der Waals surface area contributed by atoms with Gasteiger partial charge in [-0.05, 0) is 74.5 Å². The van der Waals surface area contributed by atoms with Gasteiger partial charge in [-0.1, -0.05) is 54.1 Å². The molecule has 9 nitrogen and oxygen atoms in total. The SMILES string of the molecule is CCOc1ccc(/C(O)=C2\C(=O)C(=O)N(c3ccc(C)cc3)C23C(=O)N(c2ccccc2)C(=N)N3c2ccccc2)cc1. The number of guanidine groups is 1. The van der Waals surface area contributed by atoms with Gasteiger partial charge >= 0.3 is 5.91 Å². The molecule has 43 heavy (non-hydrogen) atoms. The zero-order valence-electron chi connectivity index (χ0n) is 23.5. The molecule has 2 N–H and O–H groups in total. The Morgan fingerprint density at radius 2 is 1.33 bits per heavy atom. The van der Waals surface area contributed by atoms with E-state index in [1.807, 2.05) is 13.8 Å². The number of aryl methyl sites for hydroxylation is 1. The largest absolute Gasteiger partial charge is 0.507 e. The van der Waals surface area contributed by atoms with E-state index in [2.05, 4.69) is 0 Å². The minimum atomic E-state index is -2.26. The maximum absolute atomic E-state index is 15.0. The van der Waals surface area contributed by atoms with E-state index in [1.54, 1.807) is 109 Å². The fraction of sp³-hybridized carbons (Fsp3) is 0.118. The quantitative estimate of drug-likeness (QED) is 0.180. The summed E-state index contributed by atoms with van der Waals surface area (Å²) < 4.78 is 5.53. The highest BCUT2D eigenvalue weighted by Gasteiger charge is 2.71. The molecule has 2 amide bonds. The Balaban J connectivity index is 1.70. The number of carbonyl (C=O) groups is 3. The van der Waals surface area contributed by atoms with E-state index >= 15 is 0 Å². The monoisotopic (exact) mass is 572 g/mol. The fourth-order valence-electron chi connectivity index (χ4n) is 5.63. The minimum Gasteiger partial charge on any atom is -0.507 e. The van der Waals surface area contributed by atoms with Crippen LogP contribution in [0.15, 0.2) is 115 Å². The van der Waals surface area contributed by atoms with Crippen LogP contribution in [-0.2, 0) is 14.4 Å². The lowest BCUT2D eigenvalue weighted by atomic mass is 9.92. The molecule has 0 aliphatic carbocycles. The van der Waals surface area contributed by atoms with Crippen molar-refractivity contribution in [2.45, 2.75) is 19.5 Å². The lowest BCUT2D eigenvalue weighted by molar-refractivity contribution is -0.132. The molecule has 2 aliphatic heterocycles. The third-order valence-electron chi connectivity index (χ3n) is 7.54. The standard InChI is InChI=1S/C34H28N4O5/c1-3-43-27-20-16-23(17-21-27)29(39)28-30(40)31(41)37(26-18-14-22(2)15-19-26)34(28)32(42)36(24-10-6-4-7-11-24)33(35)38(34)25-12-8-5-9-13-25/h4-21,35,39H,3H2,1-2H3/b29-28-,35-33?. The van der Waals surface area contributed by atoms with E-state index in [0.29, 0.717) is 23.7 Å². The Hall–Kier alpha value is -5.70. The van der Waals surface area contributed by atoms with Crippen LogP contribution in [0.4, 0.5) is 17.1 Å². The first-order chi connectivity index (χ1) is 20.8. The number of rotatable bonds is 6. The number of anilines is 3. The second-order valence-electron chi connectivity index (χ2n) is 10.1. The second-order valence-corrected chi connectivity index (χ2v) is 10.1. The molecule has 6 rings (SSSR count). The fourth-order valence-corrected chi connectivity index (χ4v) is 5.63. The lowest BCUT2D eigenvalue weighted by Crippen LogP contribution is -2.62. The number of aliphatic hydroxyl groups is 1. The summed E-state index contributed by atoms with van der Waals surface area (Å²) >= 11 is 0. The summed E-state index contributed by atoms with van der Waals surface area (Å²) in [7, 11) is 0. The minimum absolute atomic E-state index is 0.204. The second kappa shape index (κ2) is 10.6.